The van der Waals surface area contributed by atoms with Crippen LogP contribution in [0.1, 0.15) is 61.8 Å². The first-order valence-corrected chi connectivity index (χ1v) is 15.3. The molecule has 4 rings (SSSR count). The van der Waals surface area contributed by atoms with Crippen molar-refractivity contribution in [3.8, 4) is 0 Å². The van der Waals surface area contributed by atoms with Crippen molar-refractivity contribution in [2.45, 2.75) is 83.6 Å². The number of halogens is 2. The monoisotopic (exact) mass is 591 g/mol. The van der Waals surface area contributed by atoms with E-state index < -0.39 is 29.7 Å². The molecule has 8 heteroatoms. The summed E-state index contributed by atoms with van der Waals surface area (Å²) in [6.07, 6.45) is 2.07. The molecule has 2 amide bonds. The quantitative estimate of drug-likeness (QED) is 0.211. The maximum Gasteiger partial charge on any atom is 0.223 e. The van der Waals surface area contributed by atoms with E-state index >= 15 is 0 Å². The highest BCUT2D eigenvalue weighted by Crippen LogP contribution is 2.36. The van der Waals surface area contributed by atoms with Crippen LogP contribution < -0.4 is 10.6 Å². The van der Waals surface area contributed by atoms with Crippen LogP contribution in [0.4, 0.5) is 8.78 Å². The van der Waals surface area contributed by atoms with Crippen LogP contribution in [0.25, 0.3) is 0 Å². The lowest BCUT2D eigenvalue weighted by Gasteiger charge is -2.30. The van der Waals surface area contributed by atoms with Gasteiger partial charge in [0.2, 0.25) is 11.8 Å². The number of amides is 2. The van der Waals surface area contributed by atoms with E-state index in [1.807, 2.05) is 47.4 Å². The number of hydrogen-bond acceptors (Lipinski definition) is 4. The van der Waals surface area contributed by atoms with Gasteiger partial charge in [-0.05, 0) is 72.9 Å². The molecular weight excluding hydrogens is 548 g/mol. The lowest BCUT2D eigenvalue weighted by Crippen LogP contribution is -2.49. The standard InChI is InChI=1S/C35H43F2N3O3/c1-3-25-10-7-11-27(16-25)21-38-22-33(41)32(19-28-17-30(36)20-31(37)18-28)39-34(42)14-15-35(43)40(24(2)29-12-13-29)23-26-8-5-4-6-9-26/h4-11,16-18,20,24,29,32-33,38,41H,3,12-15,19,21-23H2,1-2H3,(H,39,42)/t24?,32-,33+/m0/s1. The number of nitrogens with zero attached hydrogens (tertiary/aromatic N) is 1. The van der Waals surface area contributed by atoms with Gasteiger partial charge in [-0.25, -0.2) is 8.78 Å². The Kier molecular flexibility index (Phi) is 11.8. The fraction of sp³-hybridized carbons (Fsp3) is 0.429. The third kappa shape index (κ3) is 10.3. The van der Waals surface area contributed by atoms with Crippen molar-refractivity contribution >= 4 is 11.8 Å². The van der Waals surface area contributed by atoms with Crippen molar-refractivity contribution in [3.05, 3.63) is 107 Å². The summed E-state index contributed by atoms with van der Waals surface area (Å²) in [5, 5.41) is 17.1. The van der Waals surface area contributed by atoms with E-state index in [0.717, 1.165) is 36.5 Å². The Morgan fingerprint density at radius 3 is 2.26 bits per heavy atom. The molecule has 0 bridgehead atoms. The summed E-state index contributed by atoms with van der Waals surface area (Å²) in [6.45, 7) is 5.31. The Bertz CT molecular complexity index is 1330. The molecule has 1 unspecified atom stereocenters. The molecule has 1 fully saturated rings. The third-order valence-electron chi connectivity index (χ3n) is 8.15. The predicted molar refractivity (Wildman–Crippen MR) is 164 cm³/mol. The van der Waals surface area contributed by atoms with Crippen molar-refractivity contribution in [1.82, 2.24) is 15.5 Å². The maximum absolute atomic E-state index is 13.9. The fourth-order valence-corrected chi connectivity index (χ4v) is 5.45. The summed E-state index contributed by atoms with van der Waals surface area (Å²) >= 11 is 0. The smallest absolute Gasteiger partial charge is 0.223 e. The Hall–Kier alpha value is -3.62. The van der Waals surface area contributed by atoms with Gasteiger partial charge in [0, 0.05) is 44.6 Å². The summed E-state index contributed by atoms with van der Waals surface area (Å²) in [5.41, 5.74) is 3.63. The highest BCUT2D eigenvalue weighted by molar-refractivity contribution is 5.84. The molecule has 0 aliphatic heterocycles. The van der Waals surface area contributed by atoms with Gasteiger partial charge in [-0.1, -0.05) is 61.5 Å². The molecule has 3 aromatic rings. The first-order valence-electron chi connectivity index (χ1n) is 15.3. The molecule has 3 N–H and O–H groups in total. The van der Waals surface area contributed by atoms with Crippen LogP contribution in [-0.4, -0.2) is 46.6 Å². The molecule has 0 saturated heterocycles. The van der Waals surface area contributed by atoms with Gasteiger partial charge >= 0.3 is 0 Å². The van der Waals surface area contributed by atoms with Crippen LogP contribution in [0, 0.1) is 17.6 Å². The van der Waals surface area contributed by atoms with Gasteiger partial charge in [-0.15, -0.1) is 0 Å². The van der Waals surface area contributed by atoms with Crippen molar-refractivity contribution in [2.75, 3.05) is 6.54 Å². The summed E-state index contributed by atoms with van der Waals surface area (Å²) < 4.78 is 27.8. The second-order valence-corrected chi connectivity index (χ2v) is 11.6. The van der Waals surface area contributed by atoms with Crippen LogP contribution in [0.2, 0.25) is 0 Å². The van der Waals surface area contributed by atoms with E-state index in [9.17, 15) is 23.5 Å². The number of aliphatic hydroxyl groups excluding tert-OH is 1. The molecule has 230 valence electrons. The zero-order valence-corrected chi connectivity index (χ0v) is 25.1. The van der Waals surface area contributed by atoms with Crippen molar-refractivity contribution in [2.24, 2.45) is 5.92 Å². The van der Waals surface area contributed by atoms with Crippen LogP contribution in [0.5, 0.6) is 0 Å². The Balaban J connectivity index is 1.37. The molecule has 0 radical (unpaired) electrons. The summed E-state index contributed by atoms with van der Waals surface area (Å²) in [6, 6.07) is 20.4. The van der Waals surface area contributed by atoms with Crippen LogP contribution in [-0.2, 0) is 35.5 Å². The molecule has 1 aliphatic carbocycles. The Labute approximate surface area is 253 Å². The molecule has 43 heavy (non-hydrogen) atoms. The molecule has 1 aliphatic rings. The van der Waals surface area contributed by atoms with E-state index in [4.69, 9.17) is 0 Å². The molecule has 0 heterocycles. The van der Waals surface area contributed by atoms with Crippen molar-refractivity contribution in [1.29, 1.82) is 0 Å². The molecular formula is C35H43F2N3O3. The fourth-order valence-electron chi connectivity index (χ4n) is 5.45. The minimum Gasteiger partial charge on any atom is -0.390 e. The topological polar surface area (TPSA) is 81.7 Å². The third-order valence-corrected chi connectivity index (χ3v) is 8.15. The van der Waals surface area contributed by atoms with Crippen LogP contribution in [0.3, 0.4) is 0 Å². The zero-order chi connectivity index (χ0) is 30.8. The second-order valence-electron chi connectivity index (χ2n) is 11.6. The molecule has 3 atom stereocenters. The number of aliphatic hydroxyl groups is 1. The number of carbonyl (C=O) groups excluding carboxylic acids is 2. The molecule has 0 aromatic heterocycles. The lowest BCUT2D eigenvalue weighted by molar-refractivity contribution is -0.136. The Morgan fingerprint density at radius 1 is 0.907 bits per heavy atom. The molecule has 3 aromatic carbocycles. The first-order chi connectivity index (χ1) is 20.7. The van der Waals surface area contributed by atoms with E-state index in [2.05, 4.69) is 36.6 Å². The van der Waals surface area contributed by atoms with E-state index in [-0.39, 0.29) is 37.8 Å². The van der Waals surface area contributed by atoms with Crippen LogP contribution in [0.15, 0.2) is 72.8 Å². The van der Waals surface area contributed by atoms with Gasteiger partial charge < -0.3 is 20.6 Å². The molecule has 0 spiro atoms. The molecule has 1 saturated carbocycles. The van der Waals surface area contributed by atoms with Crippen molar-refractivity contribution < 1.29 is 23.5 Å². The summed E-state index contributed by atoms with van der Waals surface area (Å²) in [4.78, 5) is 28.3. The normalized spacial score (nSPS) is 15.0. The highest BCUT2D eigenvalue weighted by atomic mass is 19.1. The van der Waals surface area contributed by atoms with Gasteiger partial charge in [0.15, 0.2) is 0 Å². The minimum absolute atomic E-state index is 0.0269. The average Bonchev–Trinajstić information content (AvgIpc) is 3.84. The largest absolute Gasteiger partial charge is 0.390 e. The number of aryl methyl sites for hydroxylation is 1. The van der Waals surface area contributed by atoms with Gasteiger partial charge in [-0.2, -0.15) is 0 Å². The first kappa shape index (κ1) is 32.3. The Morgan fingerprint density at radius 2 is 1.58 bits per heavy atom. The second kappa shape index (κ2) is 15.7. The minimum atomic E-state index is -1.04. The number of rotatable bonds is 16. The molecule has 6 nitrogen and oxygen atoms in total. The van der Waals surface area contributed by atoms with Gasteiger partial charge in [0.1, 0.15) is 11.6 Å². The number of nitrogens with one attached hydrogen (secondary N) is 2. The maximum atomic E-state index is 13.9. The van der Waals surface area contributed by atoms with E-state index in [0.29, 0.717) is 24.6 Å². The zero-order valence-electron chi connectivity index (χ0n) is 25.1. The number of benzene rings is 3. The summed E-state index contributed by atoms with van der Waals surface area (Å²) in [5.74, 6) is -1.47. The van der Waals surface area contributed by atoms with Gasteiger partial charge in [-0.3, -0.25) is 9.59 Å². The van der Waals surface area contributed by atoms with Gasteiger partial charge in [0.25, 0.3) is 0 Å². The highest BCUT2D eigenvalue weighted by Gasteiger charge is 2.34. The lowest BCUT2D eigenvalue weighted by atomic mass is 10.00. The van der Waals surface area contributed by atoms with Crippen LogP contribution >= 0.6 is 0 Å². The predicted octanol–water partition coefficient (Wildman–Crippen LogP) is 5.31. The van der Waals surface area contributed by atoms with E-state index in [1.54, 1.807) is 0 Å². The van der Waals surface area contributed by atoms with Gasteiger partial charge in [0.05, 0.1) is 12.1 Å². The van der Waals surface area contributed by atoms with Crippen molar-refractivity contribution in [3.63, 3.8) is 0 Å². The van der Waals surface area contributed by atoms with E-state index in [1.165, 1.54) is 17.7 Å². The SMILES string of the molecule is CCc1cccc(CNC[C@@H](O)[C@H](Cc2cc(F)cc(F)c2)NC(=O)CCC(=O)N(Cc2ccccc2)C(C)C2CC2)c1. The number of hydrogen-bond donors (Lipinski definition) is 3. The summed E-state index contributed by atoms with van der Waals surface area (Å²) in [7, 11) is 0. The average molecular weight is 592 g/mol. The number of carbonyl (C=O) groups is 2.